The number of ether oxygens (including phenoxy) is 1. The quantitative estimate of drug-likeness (QED) is 0.742. The zero-order valence-electron chi connectivity index (χ0n) is 9.26. The van der Waals surface area contributed by atoms with Crippen molar-refractivity contribution in [2.75, 3.05) is 7.11 Å². The van der Waals surface area contributed by atoms with E-state index in [0.29, 0.717) is 12.3 Å². The minimum atomic E-state index is -0.539. The molecule has 0 bridgehead atoms. The Morgan fingerprint density at radius 1 is 1.20 bits per heavy atom. The van der Waals surface area contributed by atoms with Crippen LogP contribution in [0.1, 0.15) is 31.9 Å². The van der Waals surface area contributed by atoms with Gasteiger partial charge in [0.1, 0.15) is 11.6 Å². The van der Waals surface area contributed by atoms with Gasteiger partial charge in [-0.2, -0.15) is 0 Å². The molecule has 1 nitrogen and oxygen atoms in total. The summed E-state index contributed by atoms with van der Waals surface area (Å²) in [6.45, 7) is 3.98. The fraction of sp³-hybridized carbons (Fsp3) is 0.500. The average molecular weight is 214 g/mol. The maximum absolute atomic E-state index is 13.4. The second kappa shape index (κ2) is 5.21. The van der Waals surface area contributed by atoms with Crippen molar-refractivity contribution in [2.45, 2.75) is 26.4 Å². The van der Waals surface area contributed by atoms with Crippen LogP contribution in [0.15, 0.2) is 18.2 Å². The first-order valence-electron chi connectivity index (χ1n) is 5.03. The van der Waals surface area contributed by atoms with Gasteiger partial charge in [-0.15, -0.1) is 0 Å². The molecule has 0 saturated carbocycles. The fourth-order valence-corrected chi connectivity index (χ4v) is 1.58. The molecule has 1 aromatic rings. The number of methoxy groups -OCH3 is 1. The molecule has 0 spiro atoms. The highest BCUT2D eigenvalue weighted by molar-refractivity contribution is 5.22. The monoisotopic (exact) mass is 214 g/mol. The Hall–Kier alpha value is -0.960. The van der Waals surface area contributed by atoms with Crippen molar-refractivity contribution in [3.8, 4) is 0 Å². The smallest absolute Gasteiger partial charge is 0.131 e. The first-order chi connectivity index (χ1) is 7.06. The fourth-order valence-electron chi connectivity index (χ4n) is 1.58. The van der Waals surface area contributed by atoms with E-state index in [1.54, 1.807) is 0 Å². The van der Waals surface area contributed by atoms with Crippen molar-refractivity contribution in [1.82, 2.24) is 0 Å². The topological polar surface area (TPSA) is 9.23 Å². The summed E-state index contributed by atoms with van der Waals surface area (Å²) in [6.07, 6.45) is 0.0974. The molecule has 15 heavy (non-hydrogen) atoms. The summed E-state index contributed by atoms with van der Waals surface area (Å²) in [6, 6.07) is 3.87. The second-order valence-electron chi connectivity index (χ2n) is 3.99. The molecular formula is C12H16F2O. The van der Waals surface area contributed by atoms with Crippen LogP contribution >= 0.6 is 0 Å². The number of hydrogen-bond acceptors (Lipinski definition) is 1. The molecule has 1 unspecified atom stereocenters. The van der Waals surface area contributed by atoms with Gasteiger partial charge >= 0.3 is 0 Å². The van der Waals surface area contributed by atoms with E-state index in [1.165, 1.54) is 25.3 Å². The molecular weight excluding hydrogens is 198 g/mol. The van der Waals surface area contributed by atoms with Gasteiger partial charge in [0.05, 0.1) is 11.7 Å². The Labute approximate surface area is 89.1 Å². The molecule has 0 aliphatic carbocycles. The third kappa shape index (κ3) is 2.99. The normalized spacial score (nSPS) is 13.2. The number of rotatable bonds is 4. The van der Waals surface area contributed by atoms with Gasteiger partial charge in [-0.25, -0.2) is 8.78 Å². The van der Waals surface area contributed by atoms with Gasteiger partial charge in [0.2, 0.25) is 0 Å². The highest BCUT2D eigenvalue weighted by Crippen LogP contribution is 2.28. The van der Waals surface area contributed by atoms with E-state index in [9.17, 15) is 8.78 Å². The molecule has 84 valence electrons. The molecule has 0 aliphatic heterocycles. The molecule has 3 heteroatoms. The van der Waals surface area contributed by atoms with E-state index >= 15 is 0 Å². The van der Waals surface area contributed by atoms with Crippen molar-refractivity contribution < 1.29 is 13.5 Å². The van der Waals surface area contributed by atoms with Gasteiger partial charge in [0.15, 0.2) is 0 Å². The lowest BCUT2D eigenvalue weighted by atomic mass is 9.98. The van der Waals surface area contributed by atoms with E-state index in [4.69, 9.17) is 4.74 Å². The molecule has 0 aromatic heterocycles. The number of halogens is 2. The Balaban J connectivity index is 3.00. The number of hydrogen-bond donors (Lipinski definition) is 0. The third-order valence-corrected chi connectivity index (χ3v) is 2.29. The molecule has 1 atom stereocenters. The highest BCUT2D eigenvalue weighted by atomic mass is 19.1. The number of benzene rings is 1. The predicted molar refractivity (Wildman–Crippen MR) is 55.6 cm³/mol. The largest absolute Gasteiger partial charge is 0.377 e. The first kappa shape index (κ1) is 12.1. The lowest BCUT2D eigenvalue weighted by Crippen LogP contribution is -2.09. The van der Waals surface area contributed by atoms with Crippen LogP contribution < -0.4 is 0 Å². The molecule has 0 heterocycles. The maximum Gasteiger partial charge on any atom is 0.131 e. The van der Waals surface area contributed by atoms with Gasteiger partial charge < -0.3 is 4.74 Å². The van der Waals surface area contributed by atoms with Crippen LogP contribution in [0.5, 0.6) is 0 Å². The predicted octanol–water partition coefficient (Wildman–Crippen LogP) is 3.70. The van der Waals surface area contributed by atoms with Crippen LogP contribution in [0.4, 0.5) is 8.78 Å². The molecule has 0 fully saturated rings. The van der Waals surface area contributed by atoms with Gasteiger partial charge in [-0.05, 0) is 24.5 Å². The van der Waals surface area contributed by atoms with E-state index < -0.39 is 17.7 Å². The summed E-state index contributed by atoms with van der Waals surface area (Å²) in [5, 5.41) is 0. The van der Waals surface area contributed by atoms with Crippen LogP contribution in [-0.4, -0.2) is 7.11 Å². The maximum atomic E-state index is 13.4. The van der Waals surface area contributed by atoms with Gasteiger partial charge in [-0.3, -0.25) is 0 Å². The van der Waals surface area contributed by atoms with Crippen molar-refractivity contribution >= 4 is 0 Å². The van der Waals surface area contributed by atoms with Crippen LogP contribution in [0, 0.1) is 17.6 Å². The molecule has 0 aliphatic rings. The molecule has 0 saturated heterocycles. The summed E-state index contributed by atoms with van der Waals surface area (Å²) >= 11 is 0. The second-order valence-corrected chi connectivity index (χ2v) is 3.99. The third-order valence-electron chi connectivity index (χ3n) is 2.29. The minimum absolute atomic E-state index is 0.0358. The Kier molecular flexibility index (Phi) is 4.21. The summed E-state index contributed by atoms with van der Waals surface area (Å²) in [7, 11) is 1.47. The van der Waals surface area contributed by atoms with Crippen LogP contribution in [0.3, 0.4) is 0 Å². The van der Waals surface area contributed by atoms with Crippen molar-refractivity contribution in [3.05, 3.63) is 35.4 Å². The van der Waals surface area contributed by atoms with E-state index in [2.05, 4.69) is 0 Å². The summed E-state index contributed by atoms with van der Waals surface area (Å²) < 4.78 is 32.0. The molecule has 1 aromatic carbocycles. The van der Waals surface area contributed by atoms with Crippen LogP contribution in [0.2, 0.25) is 0 Å². The van der Waals surface area contributed by atoms with Crippen LogP contribution in [0.25, 0.3) is 0 Å². The van der Waals surface area contributed by atoms with Gasteiger partial charge in [0.25, 0.3) is 0 Å². The standard InChI is InChI=1S/C12H16F2O/c1-8(2)7-11(15-3)12-9(13)5-4-6-10(12)14/h4-6,8,11H,7H2,1-3H3. The molecule has 0 amide bonds. The zero-order valence-corrected chi connectivity index (χ0v) is 9.26. The lowest BCUT2D eigenvalue weighted by Gasteiger charge is -2.18. The van der Waals surface area contributed by atoms with Crippen molar-refractivity contribution in [1.29, 1.82) is 0 Å². The Morgan fingerprint density at radius 3 is 2.13 bits per heavy atom. The zero-order chi connectivity index (χ0) is 11.4. The van der Waals surface area contributed by atoms with E-state index in [-0.39, 0.29) is 5.56 Å². The average Bonchev–Trinajstić information content (AvgIpc) is 2.15. The van der Waals surface area contributed by atoms with Crippen molar-refractivity contribution in [3.63, 3.8) is 0 Å². The lowest BCUT2D eigenvalue weighted by molar-refractivity contribution is 0.0783. The SMILES string of the molecule is COC(CC(C)C)c1c(F)cccc1F. The summed E-state index contributed by atoms with van der Waals surface area (Å²) in [4.78, 5) is 0. The van der Waals surface area contributed by atoms with E-state index in [0.717, 1.165) is 0 Å². The van der Waals surface area contributed by atoms with Gasteiger partial charge in [-0.1, -0.05) is 19.9 Å². The molecule has 0 N–H and O–H groups in total. The van der Waals surface area contributed by atoms with Crippen molar-refractivity contribution in [2.24, 2.45) is 5.92 Å². The van der Waals surface area contributed by atoms with E-state index in [1.807, 2.05) is 13.8 Å². The highest BCUT2D eigenvalue weighted by Gasteiger charge is 2.20. The van der Waals surface area contributed by atoms with Crippen LogP contribution in [-0.2, 0) is 4.74 Å². The molecule has 0 radical (unpaired) electrons. The first-order valence-corrected chi connectivity index (χ1v) is 5.03. The Morgan fingerprint density at radius 2 is 1.73 bits per heavy atom. The van der Waals surface area contributed by atoms with Gasteiger partial charge in [0, 0.05) is 7.11 Å². The Bertz CT molecular complexity index is 303. The summed E-state index contributed by atoms with van der Waals surface area (Å²) in [5.41, 5.74) is 0.0358. The molecule has 1 rings (SSSR count). The minimum Gasteiger partial charge on any atom is -0.377 e. The summed E-state index contributed by atoms with van der Waals surface area (Å²) in [5.74, 6) is -0.751.